The minimum atomic E-state index is -1.40. The van der Waals surface area contributed by atoms with Crippen molar-refractivity contribution in [1.82, 2.24) is 10.2 Å². The first-order chi connectivity index (χ1) is 15.7. The number of hydrogen-bond donors (Lipinski definition) is 3. The smallest absolute Gasteiger partial charge is 0.250 e. The third-order valence-electron chi connectivity index (χ3n) is 7.47. The number of likely N-dealkylation sites (tertiary alicyclic amines) is 1. The van der Waals surface area contributed by atoms with Gasteiger partial charge in [0.1, 0.15) is 11.3 Å². The van der Waals surface area contributed by atoms with Gasteiger partial charge in [0.05, 0.1) is 31.6 Å². The zero-order valence-corrected chi connectivity index (χ0v) is 19.0. The van der Waals surface area contributed by atoms with E-state index >= 15 is 0 Å². The Balaban J connectivity index is 1.59. The molecule has 0 aliphatic carbocycles. The van der Waals surface area contributed by atoms with Gasteiger partial charge in [-0.25, -0.2) is 0 Å². The van der Waals surface area contributed by atoms with Crippen molar-refractivity contribution in [3.05, 3.63) is 58.7 Å². The van der Waals surface area contributed by atoms with Crippen molar-refractivity contribution >= 4 is 23.4 Å². The second-order valence-corrected chi connectivity index (χ2v) is 9.22. The molecule has 3 aliphatic heterocycles. The van der Waals surface area contributed by atoms with Crippen LogP contribution in [0.3, 0.4) is 0 Å². The fourth-order valence-corrected chi connectivity index (χ4v) is 5.59. The molecule has 3 heterocycles. The minimum Gasteiger partial charge on any atom is -0.497 e. The number of ether oxygens (including phenoxy) is 1. The molecule has 0 aromatic heterocycles. The molecule has 8 heteroatoms. The summed E-state index contributed by atoms with van der Waals surface area (Å²) in [6.07, 6.45) is -0.932. The second-order valence-electron chi connectivity index (χ2n) is 9.22. The van der Waals surface area contributed by atoms with E-state index < -0.39 is 35.4 Å². The van der Waals surface area contributed by atoms with Gasteiger partial charge in [-0.1, -0.05) is 24.3 Å². The van der Waals surface area contributed by atoms with Gasteiger partial charge in [0.25, 0.3) is 0 Å². The number of nitrogens with zero attached hydrogens (tertiary/aromatic N) is 1. The molecule has 3 N–H and O–H groups in total. The first-order valence-electron chi connectivity index (χ1n) is 11.1. The zero-order valence-electron chi connectivity index (χ0n) is 19.0. The van der Waals surface area contributed by atoms with Gasteiger partial charge in [-0.15, -0.1) is 0 Å². The Hall–Kier alpha value is -3.23. The number of hydrogen-bond acceptors (Lipinski definition) is 6. The molecule has 3 amide bonds. The topological polar surface area (TPSA) is 108 Å². The molecule has 2 saturated heterocycles. The number of methoxy groups -OCH3 is 1. The lowest BCUT2D eigenvalue weighted by Gasteiger charge is -2.30. The molecular formula is C25H27N3O5. The second kappa shape index (κ2) is 7.40. The SMILES string of the molecule is COc1ccc(CN2C(=O)[C@@H]3[C@@H]([C@@H](C)O)N[C@]4(C(=O)Nc5c4ccc(C)c5C)[C@@H]3C2=O)cc1. The molecule has 2 aromatic rings. The highest BCUT2D eigenvalue weighted by Crippen LogP contribution is 2.54. The molecular weight excluding hydrogens is 422 g/mol. The number of fused-ring (bicyclic) bond motifs is 4. The predicted molar refractivity (Wildman–Crippen MR) is 120 cm³/mol. The summed E-state index contributed by atoms with van der Waals surface area (Å²) >= 11 is 0. The van der Waals surface area contributed by atoms with E-state index in [9.17, 15) is 19.5 Å². The molecule has 2 fully saturated rings. The fraction of sp³-hybridized carbons (Fsp3) is 0.400. The van der Waals surface area contributed by atoms with Crippen molar-refractivity contribution in [1.29, 1.82) is 0 Å². The third-order valence-corrected chi connectivity index (χ3v) is 7.47. The summed E-state index contributed by atoms with van der Waals surface area (Å²) < 4.78 is 5.18. The Morgan fingerprint density at radius 1 is 1.09 bits per heavy atom. The number of carbonyl (C=O) groups excluding carboxylic acids is 3. The van der Waals surface area contributed by atoms with Crippen LogP contribution in [0, 0.1) is 25.7 Å². The standard InChI is InChI=1S/C25H27N3O5/c1-12-5-10-17-20(13(12)2)26-24(32)25(17)19-18(21(27-25)14(3)29)22(30)28(23(19)31)11-15-6-8-16(33-4)9-7-15/h5-10,14,18-19,21,27,29H,11H2,1-4H3,(H,26,32)/t14-,18+,19+,21-,25+/m1/s1. The van der Waals surface area contributed by atoms with Crippen LogP contribution in [0.2, 0.25) is 0 Å². The van der Waals surface area contributed by atoms with Crippen molar-refractivity contribution in [2.45, 2.75) is 45.0 Å². The Labute approximate surface area is 191 Å². The van der Waals surface area contributed by atoms with Crippen molar-refractivity contribution in [3.8, 4) is 5.75 Å². The third kappa shape index (κ3) is 2.87. The van der Waals surface area contributed by atoms with Gasteiger partial charge in [-0.05, 0) is 49.6 Å². The molecule has 172 valence electrons. The van der Waals surface area contributed by atoms with Gasteiger partial charge in [-0.2, -0.15) is 0 Å². The maximum Gasteiger partial charge on any atom is 0.250 e. The molecule has 5 rings (SSSR count). The number of rotatable bonds is 4. The lowest BCUT2D eigenvalue weighted by Crippen LogP contribution is -2.54. The number of nitrogens with one attached hydrogen (secondary N) is 2. The van der Waals surface area contributed by atoms with Crippen LogP contribution in [0.15, 0.2) is 36.4 Å². The van der Waals surface area contributed by atoms with Gasteiger partial charge in [0, 0.05) is 17.3 Å². The summed E-state index contributed by atoms with van der Waals surface area (Å²) in [5.41, 5.74) is 2.64. The number of amides is 3. The first kappa shape index (κ1) is 21.6. The summed E-state index contributed by atoms with van der Waals surface area (Å²) in [5, 5.41) is 16.7. The molecule has 8 nitrogen and oxygen atoms in total. The summed E-state index contributed by atoms with van der Waals surface area (Å²) in [5.74, 6) is -2.24. The maximum absolute atomic E-state index is 13.7. The average molecular weight is 450 g/mol. The molecule has 0 unspecified atom stereocenters. The first-order valence-corrected chi connectivity index (χ1v) is 11.1. The van der Waals surface area contributed by atoms with Crippen LogP contribution in [0.5, 0.6) is 5.75 Å². The summed E-state index contributed by atoms with van der Waals surface area (Å²) in [6, 6.07) is 10.2. The Morgan fingerprint density at radius 2 is 1.79 bits per heavy atom. The minimum absolute atomic E-state index is 0.0959. The normalized spacial score (nSPS) is 28.8. The quantitative estimate of drug-likeness (QED) is 0.612. The van der Waals surface area contributed by atoms with Crippen LogP contribution in [-0.2, 0) is 26.5 Å². The summed E-state index contributed by atoms with van der Waals surface area (Å²) in [6.45, 7) is 5.55. The predicted octanol–water partition coefficient (Wildman–Crippen LogP) is 1.61. The highest BCUT2D eigenvalue weighted by molar-refractivity contribution is 6.15. The van der Waals surface area contributed by atoms with Gasteiger partial charge >= 0.3 is 0 Å². The summed E-state index contributed by atoms with van der Waals surface area (Å²) in [7, 11) is 1.57. The number of benzene rings is 2. The maximum atomic E-state index is 13.7. The number of carbonyl (C=O) groups is 3. The Morgan fingerprint density at radius 3 is 2.42 bits per heavy atom. The van der Waals surface area contributed by atoms with E-state index in [2.05, 4.69) is 10.6 Å². The number of imide groups is 1. The lowest BCUT2D eigenvalue weighted by molar-refractivity contribution is -0.143. The molecule has 5 atom stereocenters. The monoisotopic (exact) mass is 449 g/mol. The average Bonchev–Trinajstić information content (AvgIpc) is 3.38. The molecule has 1 spiro atoms. The van der Waals surface area contributed by atoms with Crippen LogP contribution >= 0.6 is 0 Å². The molecule has 0 bridgehead atoms. The zero-order chi connectivity index (χ0) is 23.7. The van der Waals surface area contributed by atoms with E-state index in [0.717, 1.165) is 16.7 Å². The van der Waals surface area contributed by atoms with Crippen molar-refractivity contribution in [2.24, 2.45) is 11.8 Å². The fourth-order valence-electron chi connectivity index (χ4n) is 5.59. The van der Waals surface area contributed by atoms with E-state index in [1.807, 2.05) is 26.0 Å². The van der Waals surface area contributed by atoms with Crippen LogP contribution < -0.4 is 15.4 Å². The number of aliphatic hydroxyl groups excluding tert-OH is 1. The highest BCUT2D eigenvalue weighted by atomic mass is 16.5. The number of aliphatic hydroxyl groups is 1. The molecule has 0 radical (unpaired) electrons. The Bertz CT molecular complexity index is 1180. The largest absolute Gasteiger partial charge is 0.497 e. The van der Waals surface area contributed by atoms with Gasteiger partial charge in [0.15, 0.2) is 0 Å². The van der Waals surface area contributed by atoms with Gasteiger partial charge in [-0.3, -0.25) is 24.6 Å². The molecule has 3 aliphatic rings. The van der Waals surface area contributed by atoms with E-state index in [-0.39, 0.29) is 18.4 Å². The highest BCUT2D eigenvalue weighted by Gasteiger charge is 2.71. The van der Waals surface area contributed by atoms with Gasteiger partial charge < -0.3 is 15.2 Å². The number of anilines is 1. The number of aryl methyl sites for hydroxylation is 1. The van der Waals surface area contributed by atoms with E-state index in [0.29, 0.717) is 17.0 Å². The van der Waals surface area contributed by atoms with Crippen LogP contribution in [-0.4, -0.2) is 47.0 Å². The van der Waals surface area contributed by atoms with E-state index in [1.165, 1.54) is 4.90 Å². The van der Waals surface area contributed by atoms with Crippen molar-refractivity contribution in [3.63, 3.8) is 0 Å². The van der Waals surface area contributed by atoms with Crippen molar-refractivity contribution < 1.29 is 24.2 Å². The van der Waals surface area contributed by atoms with Crippen LogP contribution in [0.25, 0.3) is 0 Å². The van der Waals surface area contributed by atoms with E-state index in [4.69, 9.17) is 4.74 Å². The summed E-state index contributed by atoms with van der Waals surface area (Å²) in [4.78, 5) is 41.9. The van der Waals surface area contributed by atoms with E-state index in [1.54, 1.807) is 38.3 Å². The molecule has 2 aromatic carbocycles. The molecule has 33 heavy (non-hydrogen) atoms. The van der Waals surface area contributed by atoms with Crippen molar-refractivity contribution in [2.75, 3.05) is 12.4 Å². The van der Waals surface area contributed by atoms with Crippen LogP contribution in [0.1, 0.15) is 29.2 Å². The lowest BCUT2D eigenvalue weighted by atomic mass is 9.76. The van der Waals surface area contributed by atoms with Crippen LogP contribution in [0.4, 0.5) is 5.69 Å². The Kier molecular flexibility index (Phi) is 4.84. The molecule has 0 saturated carbocycles. The van der Waals surface area contributed by atoms with Gasteiger partial charge in [0.2, 0.25) is 17.7 Å².